The standard InChI is InChI=1S/C13H26N2O4S/c1-2-20(16,17)14-11-13(3-7-18-8-4-13)12-15-5-9-19-10-6-15/h14H,2-12H2,1H3. The van der Waals surface area contributed by atoms with E-state index in [9.17, 15) is 8.42 Å². The van der Waals surface area contributed by atoms with Crippen molar-refractivity contribution in [2.24, 2.45) is 5.41 Å². The van der Waals surface area contributed by atoms with Crippen LogP contribution in [-0.2, 0) is 19.5 Å². The maximum absolute atomic E-state index is 11.7. The van der Waals surface area contributed by atoms with Gasteiger partial charge in [-0.1, -0.05) is 0 Å². The van der Waals surface area contributed by atoms with Gasteiger partial charge in [-0.15, -0.1) is 0 Å². The predicted octanol–water partition coefficient (Wildman–Crippen LogP) is 0.0547. The van der Waals surface area contributed by atoms with E-state index in [1.165, 1.54) is 0 Å². The molecule has 2 fully saturated rings. The van der Waals surface area contributed by atoms with E-state index in [1.54, 1.807) is 6.92 Å². The average Bonchev–Trinajstić information content (AvgIpc) is 2.48. The fraction of sp³-hybridized carbons (Fsp3) is 1.00. The molecule has 0 aromatic rings. The Balaban J connectivity index is 1.97. The molecule has 0 aromatic carbocycles. The number of hydrogen-bond acceptors (Lipinski definition) is 5. The third-order valence-corrected chi connectivity index (χ3v) is 5.61. The fourth-order valence-electron chi connectivity index (χ4n) is 2.79. The molecular formula is C13H26N2O4S. The van der Waals surface area contributed by atoms with E-state index in [0.717, 1.165) is 58.9 Å². The fourth-order valence-corrected chi connectivity index (χ4v) is 3.52. The summed E-state index contributed by atoms with van der Waals surface area (Å²) >= 11 is 0. The maximum atomic E-state index is 11.7. The molecule has 1 N–H and O–H groups in total. The summed E-state index contributed by atoms with van der Waals surface area (Å²) < 4.78 is 37.0. The molecule has 0 atom stereocenters. The van der Waals surface area contributed by atoms with Crippen LogP contribution in [0.15, 0.2) is 0 Å². The van der Waals surface area contributed by atoms with Crippen LogP contribution in [0.25, 0.3) is 0 Å². The van der Waals surface area contributed by atoms with Gasteiger partial charge in [0.25, 0.3) is 0 Å². The van der Waals surface area contributed by atoms with Crippen molar-refractivity contribution in [3.05, 3.63) is 0 Å². The Morgan fingerprint density at radius 3 is 2.30 bits per heavy atom. The molecule has 0 spiro atoms. The molecule has 2 saturated heterocycles. The van der Waals surface area contributed by atoms with Crippen molar-refractivity contribution in [1.82, 2.24) is 9.62 Å². The Hall–Kier alpha value is -0.210. The first-order valence-corrected chi connectivity index (χ1v) is 9.06. The zero-order valence-corrected chi connectivity index (χ0v) is 13.1. The first-order chi connectivity index (χ1) is 9.55. The van der Waals surface area contributed by atoms with Gasteiger partial charge in [-0.25, -0.2) is 13.1 Å². The molecule has 2 heterocycles. The average molecular weight is 306 g/mol. The van der Waals surface area contributed by atoms with Crippen LogP contribution in [0.3, 0.4) is 0 Å². The zero-order valence-electron chi connectivity index (χ0n) is 12.3. The molecule has 0 radical (unpaired) electrons. The molecular weight excluding hydrogens is 280 g/mol. The highest BCUT2D eigenvalue weighted by Gasteiger charge is 2.35. The molecule has 0 unspecified atom stereocenters. The Morgan fingerprint density at radius 1 is 1.10 bits per heavy atom. The van der Waals surface area contributed by atoms with Gasteiger partial charge in [-0.3, -0.25) is 4.90 Å². The molecule has 0 amide bonds. The van der Waals surface area contributed by atoms with Crippen LogP contribution >= 0.6 is 0 Å². The summed E-state index contributed by atoms with van der Waals surface area (Å²) in [6.45, 7) is 7.96. The van der Waals surface area contributed by atoms with Crippen LogP contribution in [-0.4, -0.2) is 71.7 Å². The SMILES string of the molecule is CCS(=O)(=O)NCC1(CN2CCOCC2)CCOCC1. The van der Waals surface area contributed by atoms with Crippen LogP contribution in [0.1, 0.15) is 19.8 Å². The number of nitrogens with one attached hydrogen (secondary N) is 1. The Kier molecular flexibility index (Phi) is 5.80. The number of sulfonamides is 1. The molecule has 118 valence electrons. The predicted molar refractivity (Wildman–Crippen MR) is 77.2 cm³/mol. The van der Waals surface area contributed by atoms with Crippen molar-refractivity contribution in [2.75, 3.05) is 58.4 Å². The second-order valence-electron chi connectivity index (χ2n) is 5.73. The smallest absolute Gasteiger partial charge is 0.211 e. The number of hydrogen-bond donors (Lipinski definition) is 1. The largest absolute Gasteiger partial charge is 0.381 e. The van der Waals surface area contributed by atoms with E-state index < -0.39 is 10.0 Å². The van der Waals surface area contributed by atoms with Gasteiger partial charge in [0, 0.05) is 44.8 Å². The minimum absolute atomic E-state index is 0.00215. The van der Waals surface area contributed by atoms with E-state index in [2.05, 4.69) is 9.62 Å². The Morgan fingerprint density at radius 2 is 1.70 bits per heavy atom. The lowest BCUT2D eigenvalue weighted by Crippen LogP contribution is -2.51. The van der Waals surface area contributed by atoms with Crippen molar-refractivity contribution < 1.29 is 17.9 Å². The lowest BCUT2D eigenvalue weighted by molar-refractivity contribution is -0.0270. The lowest BCUT2D eigenvalue weighted by Gasteiger charge is -2.42. The zero-order chi connectivity index (χ0) is 14.5. The molecule has 0 bridgehead atoms. The third-order valence-electron chi connectivity index (χ3n) is 4.26. The highest BCUT2D eigenvalue weighted by atomic mass is 32.2. The van der Waals surface area contributed by atoms with Crippen molar-refractivity contribution in [2.45, 2.75) is 19.8 Å². The van der Waals surface area contributed by atoms with Gasteiger partial charge in [0.2, 0.25) is 10.0 Å². The number of ether oxygens (including phenoxy) is 2. The highest BCUT2D eigenvalue weighted by molar-refractivity contribution is 7.89. The second kappa shape index (κ2) is 7.17. The molecule has 0 aliphatic carbocycles. The van der Waals surface area contributed by atoms with Gasteiger partial charge in [0.05, 0.1) is 19.0 Å². The van der Waals surface area contributed by atoms with Crippen molar-refractivity contribution in [1.29, 1.82) is 0 Å². The van der Waals surface area contributed by atoms with Crippen molar-refractivity contribution in [3.8, 4) is 0 Å². The Labute approximate surface area is 121 Å². The van der Waals surface area contributed by atoms with Gasteiger partial charge in [0.1, 0.15) is 0 Å². The molecule has 20 heavy (non-hydrogen) atoms. The summed E-state index contributed by atoms with van der Waals surface area (Å²) in [6, 6.07) is 0. The molecule has 2 rings (SSSR count). The van der Waals surface area contributed by atoms with Crippen LogP contribution in [0, 0.1) is 5.41 Å². The molecule has 6 nitrogen and oxygen atoms in total. The quantitative estimate of drug-likeness (QED) is 0.751. The number of morpholine rings is 1. The first-order valence-electron chi connectivity index (χ1n) is 7.40. The van der Waals surface area contributed by atoms with Crippen LogP contribution in [0.2, 0.25) is 0 Å². The van der Waals surface area contributed by atoms with Crippen LogP contribution < -0.4 is 4.72 Å². The third kappa shape index (κ3) is 4.66. The summed E-state index contributed by atoms with van der Waals surface area (Å²) in [5.74, 6) is 0.136. The van der Waals surface area contributed by atoms with E-state index in [0.29, 0.717) is 6.54 Å². The number of nitrogens with zero attached hydrogens (tertiary/aromatic N) is 1. The van der Waals surface area contributed by atoms with Crippen LogP contribution in [0.4, 0.5) is 0 Å². The van der Waals surface area contributed by atoms with Gasteiger partial charge < -0.3 is 9.47 Å². The molecule has 2 aliphatic rings. The first kappa shape index (κ1) is 16.2. The molecule has 2 aliphatic heterocycles. The van der Waals surface area contributed by atoms with E-state index in [-0.39, 0.29) is 11.2 Å². The molecule has 0 aromatic heterocycles. The van der Waals surface area contributed by atoms with Crippen LogP contribution in [0.5, 0.6) is 0 Å². The van der Waals surface area contributed by atoms with Crippen molar-refractivity contribution >= 4 is 10.0 Å². The minimum Gasteiger partial charge on any atom is -0.381 e. The van der Waals surface area contributed by atoms with Crippen molar-refractivity contribution in [3.63, 3.8) is 0 Å². The topological polar surface area (TPSA) is 67.9 Å². The number of rotatable bonds is 6. The molecule has 7 heteroatoms. The van der Waals surface area contributed by atoms with E-state index in [1.807, 2.05) is 0 Å². The summed E-state index contributed by atoms with van der Waals surface area (Å²) in [5, 5.41) is 0. The summed E-state index contributed by atoms with van der Waals surface area (Å²) in [5.41, 5.74) is -0.00215. The van der Waals surface area contributed by atoms with Gasteiger partial charge in [0.15, 0.2) is 0 Å². The normalized spacial score (nSPS) is 24.6. The van der Waals surface area contributed by atoms with Gasteiger partial charge >= 0.3 is 0 Å². The Bertz CT molecular complexity index is 387. The highest BCUT2D eigenvalue weighted by Crippen LogP contribution is 2.31. The summed E-state index contributed by atoms with van der Waals surface area (Å²) in [7, 11) is -3.13. The summed E-state index contributed by atoms with van der Waals surface area (Å²) in [6.07, 6.45) is 1.83. The van der Waals surface area contributed by atoms with E-state index in [4.69, 9.17) is 9.47 Å². The summed E-state index contributed by atoms with van der Waals surface area (Å²) in [4.78, 5) is 2.38. The van der Waals surface area contributed by atoms with E-state index >= 15 is 0 Å². The maximum Gasteiger partial charge on any atom is 0.211 e. The lowest BCUT2D eigenvalue weighted by atomic mass is 9.79. The van der Waals surface area contributed by atoms with Gasteiger partial charge in [-0.05, 0) is 19.8 Å². The monoisotopic (exact) mass is 306 g/mol. The minimum atomic E-state index is -3.13. The second-order valence-corrected chi connectivity index (χ2v) is 7.82. The molecule has 0 saturated carbocycles. The van der Waals surface area contributed by atoms with Gasteiger partial charge in [-0.2, -0.15) is 0 Å².